The molecule has 2 aromatic rings. The number of rotatable bonds is 4. The largest absolute Gasteiger partial charge is 0.462 e. The van der Waals surface area contributed by atoms with E-state index < -0.39 is 5.97 Å². The van der Waals surface area contributed by atoms with Gasteiger partial charge < -0.3 is 9.15 Å². The predicted octanol–water partition coefficient (Wildman–Crippen LogP) is 5.70. The van der Waals surface area contributed by atoms with Crippen molar-refractivity contribution in [2.75, 3.05) is 6.61 Å². The van der Waals surface area contributed by atoms with E-state index in [4.69, 9.17) is 14.4 Å². The molecule has 0 aliphatic heterocycles. The minimum Gasteiger partial charge on any atom is -0.462 e. The molecule has 0 spiro atoms. The van der Waals surface area contributed by atoms with Gasteiger partial charge in [0, 0.05) is 25.1 Å². The van der Waals surface area contributed by atoms with Crippen LogP contribution in [-0.2, 0) is 9.53 Å². The van der Waals surface area contributed by atoms with E-state index in [1.165, 1.54) is 6.08 Å². The first kappa shape index (κ1) is 18.0. The number of nitriles is 1. The van der Waals surface area contributed by atoms with Crippen LogP contribution in [0.2, 0.25) is 0 Å². The molecule has 0 saturated heterocycles. The fraction of sp³-hybridized carbons (Fsp3) is 0.125. The van der Waals surface area contributed by atoms with E-state index in [1.807, 2.05) is 18.2 Å². The number of hydrogen-bond acceptors (Lipinski definition) is 4. The van der Waals surface area contributed by atoms with Crippen LogP contribution in [-0.4, -0.2) is 12.6 Å². The lowest BCUT2D eigenvalue weighted by Gasteiger charge is -2.05. The molecule has 0 unspecified atom stereocenters. The van der Waals surface area contributed by atoms with Crippen LogP contribution < -0.4 is 0 Å². The average Bonchev–Trinajstić information content (AvgIpc) is 2.92. The first-order valence-corrected chi connectivity index (χ1v) is 8.87. The van der Waals surface area contributed by atoms with Crippen molar-refractivity contribution in [3.8, 4) is 17.4 Å². The molecule has 0 N–H and O–H groups in total. The molecule has 0 amide bonds. The topological polar surface area (TPSA) is 63.2 Å². The third-order valence-electron chi connectivity index (χ3n) is 2.78. The summed E-state index contributed by atoms with van der Waals surface area (Å²) < 4.78 is 13.1. The summed E-state index contributed by atoms with van der Waals surface area (Å²) in [6, 6.07) is 9.07. The zero-order chi connectivity index (χ0) is 17.0. The van der Waals surface area contributed by atoms with E-state index in [1.54, 1.807) is 19.1 Å². The Bertz CT molecular complexity index is 795. The first-order chi connectivity index (χ1) is 11.0. The smallest absolute Gasteiger partial charge is 0.349 e. The highest BCUT2D eigenvalue weighted by Gasteiger charge is 2.15. The van der Waals surface area contributed by atoms with Gasteiger partial charge in [-0.05, 0) is 63.0 Å². The maximum absolute atomic E-state index is 11.6. The van der Waals surface area contributed by atoms with E-state index >= 15 is 0 Å². The molecule has 0 radical (unpaired) electrons. The van der Waals surface area contributed by atoms with Gasteiger partial charge in [-0.25, -0.2) is 4.79 Å². The predicted molar refractivity (Wildman–Crippen MR) is 97.5 cm³/mol. The van der Waals surface area contributed by atoms with Gasteiger partial charge in [-0.1, -0.05) is 15.9 Å². The van der Waals surface area contributed by atoms with Gasteiger partial charge in [0.05, 0.1) is 6.61 Å². The maximum atomic E-state index is 11.6. The van der Waals surface area contributed by atoms with Crippen molar-refractivity contribution in [3.05, 3.63) is 49.0 Å². The number of ether oxygens (including phenoxy) is 1. The van der Waals surface area contributed by atoms with Gasteiger partial charge in [-0.15, -0.1) is 0 Å². The third kappa shape index (κ3) is 4.34. The van der Waals surface area contributed by atoms with Crippen LogP contribution in [0.3, 0.4) is 0 Å². The summed E-state index contributed by atoms with van der Waals surface area (Å²) in [6.45, 7) is 1.89. The molecule has 2 rings (SSSR count). The second-order valence-electron chi connectivity index (χ2n) is 4.34. The van der Waals surface area contributed by atoms with Crippen molar-refractivity contribution in [2.45, 2.75) is 6.92 Å². The second-order valence-corrected chi connectivity index (χ2v) is 6.96. The van der Waals surface area contributed by atoms with Gasteiger partial charge in [0.15, 0.2) is 0 Å². The van der Waals surface area contributed by atoms with Gasteiger partial charge in [0.25, 0.3) is 0 Å². The lowest BCUT2D eigenvalue weighted by molar-refractivity contribution is -0.137. The van der Waals surface area contributed by atoms with E-state index in [-0.39, 0.29) is 12.2 Å². The van der Waals surface area contributed by atoms with Crippen LogP contribution in [0.4, 0.5) is 0 Å². The number of benzene rings is 1. The number of halogens is 3. The number of esters is 1. The zero-order valence-corrected chi connectivity index (χ0v) is 16.7. The standard InChI is InChI=1S/C16H10Br3NO3/c1-2-22-16(21)9(8-20)5-11-3-4-14(23-11)15-12(18)6-10(17)7-13(15)19/h3-7H,2H2,1H3/b9-5+. The van der Waals surface area contributed by atoms with Gasteiger partial charge in [-0.3, -0.25) is 0 Å². The molecule has 4 nitrogen and oxygen atoms in total. The first-order valence-electron chi connectivity index (χ1n) is 6.50. The molecule has 0 fully saturated rings. The van der Waals surface area contributed by atoms with Crippen LogP contribution in [0.25, 0.3) is 17.4 Å². The Morgan fingerprint density at radius 1 is 1.30 bits per heavy atom. The summed E-state index contributed by atoms with van der Waals surface area (Å²) >= 11 is 10.4. The molecule has 118 valence electrons. The Labute approximate surface area is 158 Å². The van der Waals surface area contributed by atoms with Crippen LogP contribution in [0.5, 0.6) is 0 Å². The van der Waals surface area contributed by atoms with Gasteiger partial charge in [0.2, 0.25) is 0 Å². The molecule has 0 saturated carbocycles. The molecule has 1 aromatic carbocycles. The highest BCUT2D eigenvalue weighted by Crippen LogP contribution is 2.38. The van der Waals surface area contributed by atoms with Crippen molar-refractivity contribution in [1.82, 2.24) is 0 Å². The van der Waals surface area contributed by atoms with Gasteiger partial charge in [0.1, 0.15) is 23.2 Å². The quantitative estimate of drug-likeness (QED) is 0.305. The molecule has 0 atom stereocenters. The van der Waals surface area contributed by atoms with Crippen molar-refractivity contribution in [1.29, 1.82) is 5.26 Å². The Hall–Kier alpha value is -1.36. The SMILES string of the molecule is CCOC(=O)/C(C#N)=C/c1ccc(-c2c(Br)cc(Br)cc2Br)o1. The number of carbonyl (C=O) groups is 1. The van der Waals surface area contributed by atoms with Crippen LogP contribution in [0, 0.1) is 11.3 Å². The Morgan fingerprint density at radius 3 is 2.52 bits per heavy atom. The summed E-state index contributed by atoms with van der Waals surface area (Å²) in [5.41, 5.74) is 0.726. The summed E-state index contributed by atoms with van der Waals surface area (Å²) in [6.07, 6.45) is 1.36. The van der Waals surface area contributed by atoms with Crippen molar-refractivity contribution in [2.24, 2.45) is 0 Å². The van der Waals surface area contributed by atoms with E-state index in [2.05, 4.69) is 47.8 Å². The lowest BCUT2D eigenvalue weighted by Crippen LogP contribution is -2.05. The van der Waals surface area contributed by atoms with Crippen molar-refractivity contribution >= 4 is 59.8 Å². The van der Waals surface area contributed by atoms with Crippen molar-refractivity contribution in [3.63, 3.8) is 0 Å². The second kappa shape index (κ2) is 7.95. The summed E-state index contributed by atoms with van der Waals surface area (Å²) in [7, 11) is 0. The minimum atomic E-state index is -0.668. The molecule has 7 heteroatoms. The molecule has 0 aliphatic rings. The normalized spacial score (nSPS) is 11.2. The molecular formula is C16H10Br3NO3. The fourth-order valence-corrected chi connectivity index (χ4v) is 4.48. The molecule has 23 heavy (non-hydrogen) atoms. The van der Waals surface area contributed by atoms with E-state index in [0.29, 0.717) is 11.5 Å². The van der Waals surface area contributed by atoms with Crippen LogP contribution >= 0.6 is 47.8 Å². The molecule has 0 aliphatic carbocycles. The van der Waals surface area contributed by atoms with Gasteiger partial charge in [-0.2, -0.15) is 5.26 Å². The van der Waals surface area contributed by atoms with E-state index in [0.717, 1.165) is 19.0 Å². The Kier molecular flexibility index (Phi) is 6.22. The molecule has 1 heterocycles. The highest BCUT2D eigenvalue weighted by molar-refractivity contribution is 9.11. The number of furan rings is 1. The summed E-state index contributed by atoms with van der Waals surface area (Å²) in [5, 5.41) is 9.05. The van der Waals surface area contributed by atoms with Crippen LogP contribution in [0.1, 0.15) is 12.7 Å². The number of carbonyl (C=O) groups excluding carboxylic acids is 1. The van der Waals surface area contributed by atoms with Crippen molar-refractivity contribution < 1.29 is 13.9 Å². The number of hydrogen-bond donors (Lipinski definition) is 0. The summed E-state index contributed by atoms with van der Waals surface area (Å²) in [5.74, 6) is 0.328. The molecule has 0 bridgehead atoms. The third-order valence-corrected chi connectivity index (χ3v) is 4.49. The Morgan fingerprint density at radius 2 is 1.96 bits per heavy atom. The minimum absolute atomic E-state index is 0.110. The highest BCUT2D eigenvalue weighted by atomic mass is 79.9. The number of nitrogens with zero attached hydrogens (tertiary/aromatic N) is 1. The fourth-order valence-electron chi connectivity index (χ4n) is 1.83. The van der Waals surface area contributed by atoms with Gasteiger partial charge >= 0.3 is 5.97 Å². The molecule has 1 aromatic heterocycles. The Balaban J connectivity index is 2.39. The van der Waals surface area contributed by atoms with Crippen LogP contribution in [0.15, 0.2) is 47.7 Å². The molecular weight excluding hydrogens is 494 g/mol. The lowest BCUT2D eigenvalue weighted by atomic mass is 10.2. The zero-order valence-electron chi connectivity index (χ0n) is 11.9. The monoisotopic (exact) mass is 501 g/mol. The maximum Gasteiger partial charge on any atom is 0.349 e. The summed E-state index contributed by atoms with van der Waals surface area (Å²) in [4.78, 5) is 11.6. The average molecular weight is 504 g/mol. The van der Waals surface area contributed by atoms with E-state index in [9.17, 15) is 4.79 Å².